The Labute approximate surface area is 141 Å². The summed E-state index contributed by atoms with van der Waals surface area (Å²) in [5, 5.41) is 25.8. The summed E-state index contributed by atoms with van der Waals surface area (Å²) in [5.41, 5.74) is 3.49. The van der Waals surface area contributed by atoms with Crippen molar-refractivity contribution >= 4 is 10.8 Å². The van der Waals surface area contributed by atoms with E-state index in [2.05, 4.69) is 54.7 Å². The quantitative estimate of drug-likeness (QED) is 0.619. The molecule has 0 aromatic heterocycles. The fourth-order valence-electron chi connectivity index (χ4n) is 3.89. The van der Waals surface area contributed by atoms with E-state index >= 15 is 0 Å². The largest absolute Gasteiger partial charge is 0.504 e. The number of benzene rings is 3. The van der Waals surface area contributed by atoms with E-state index in [1.807, 2.05) is 0 Å². The predicted molar refractivity (Wildman–Crippen MR) is 96.6 cm³/mol. The molecule has 0 aliphatic carbocycles. The molecule has 2 atom stereocenters. The highest BCUT2D eigenvalue weighted by Crippen LogP contribution is 2.40. The Morgan fingerprint density at radius 3 is 2.62 bits per heavy atom. The molecule has 1 heterocycles. The highest BCUT2D eigenvalue weighted by atomic mass is 16.3. The second-order valence-electron chi connectivity index (χ2n) is 6.58. The number of aromatic hydroxyl groups is 2. The predicted octanol–water partition coefficient (Wildman–Crippen LogP) is 4.24. The van der Waals surface area contributed by atoms with Crippen LogP contribution in [0.3, 0.4) is 0 Å². The third kappa shape index (κ3) is 2.42. The Hall–Kier alpha value is -2.52. The summed E-state index contributed by atoms with van der Waals surface area (Å²) in [5.74, 6) is 0.166. The van der Waals surface area contributed by atoms with Crippen molar-refractivity contribution in [2.75, 3.05) is 6.54 Å². The average Bonchev–Trinajstić information content (AvgIpc) is 2.61. The zero-order chi connectivity index (χ0) is 16.7. The van der Waals surface area contributed by atoms with Gasteiger partial charge >= 0.3 is 0 Å². The number of hydrogen-bond acceptors (Lipinski definition) is 3. The Morgan fingerprint density at radius 2 is 1.75 bits per heavy atom. The van der Waals surface area contributed by atoms with Crippen LogP contribution in [-0.4, -0.2) is 16.8 Å². The van der Waals surface area contributed by atoms with Crippen molar-refractivity contribution in [3.63, 3.8) is 0 Å². The first-order chi connectivity index (χ1) is 11.6. The maximum absolute atomic E-state index is 9.94. The second kappa shape index (κ2) is 5.84. The Bertz CT molecular complexity index is 898. The lowest BCUT2D eigenvalue weighted by atomic mass is 9.82. The topological polar surface area (TPSA) is 52.5 Å². The van der Waals surface area contributed by atoms with Crippen LogP contribution in [0.25, 0.3) is 10.8 Å². The second-order valence-corrected chi connectivity index (χ2v) is 6.58. The van der Waals surface area contributed by atoms with E-state index in [0.717, 1.165) is 24.1 Å². The smallest absolute Gasteiger partial charge is 0.157 e. The average molecular weight is 319 g/mol. The molecule has 2 unspecified atom stereocenters. The van der Waals surface area contributed by atoms with Gasteiger partial charge in [-0.2, -0.15) is 0 Å². The van der Waals surface area contributed by atoms with Gasteiger partial charge in [0.25, 0.3) is 0 Å². The molecular formula is C21H21NO2. The van der Waals surface area contributed by atoms with Crippen LogP contribution in [0.15, 0.2) is 54.6 Å². The first-order valence-corrected chi connectivity index (χ1v) is 8.41. The molecule has 0 radical (unpaired) electrons. The maximum atomic E-state index is 9.94. The molecule has 0 saturated carbocycles. The van der Waals surface area contributed by atoms with Crippen LogP contribution in [0.1, 0.15) is 35.6 Å². The van der Waals surface area contributed by atoms with Gasteiger partial charge in [0.05, 0.1) is 0 Å². The molecule has 1 aliphatic rings. The fraction of sp³-hybridized carbons (Fsp3) is 0.238. The summed E-state index contributed by atoms with van der Waals surface area (Å²) >= 11 is 0. The first kappa shape index (κ1) is 15.0. The van der Waals surface area contributed by atoms with Crippen LogP contribution >= 0.6 is 0 Å². The minimum absolute atomic E-state index is 0.0350. The fourth-order valence-corrected chi connectivity index (χ4v) is 3.89. The van der Waals surface area contributed by atoms with Crippen molar-refractivity contribution in [2.45, 2.75) is 25.3 Å². The molecule has 3 heteroatoms. The van der Waals surface area contributed by atoms with Crippen molar-refractivity contribution in [3.05, 3.63) is 71.3 Å². The zero-order valence-electron chi connectivity index (χ0n) is 13.7. The molecule has 3 aromatic carbocycles. The number of phenolic OH excluding ortho intramolecular Hbond substituents is 2. The molecule has 0 bridgehead atoms. The highest BCUT2D eigenvalue weighted by Gasteiger charge is 2.28. The summed E-state index contributed by atoms with van der Waals surface area (Å²) in [6, 6.07) is 18.4. The van der Waals surface area contributed by atoms with E-state index in [9.17, 15) is 10.2 Å². The lowest BCUT2D eigenvalue weighted by Crippen LogP contribution is -2.33. The molecule has 0 spiro atoms. The molecule has 1 aliphatic heterocycles. The molecular weight excluding hydrogens is 298 g/mol. The SMILES string of the molecule is CC(c1cccc2ccccc12)C1NCCc2cc(O)c(O)cc21. The normalized spacial score (nSPS) is 18.3. The van der Waals surface area contributed by atoms with Gasteiger partial charge in [-0.05, 0) is 52.6 Å². The van der Waals surface area contributed by atoms with Crippen molar-refractivity contribution in [2.24, 2.45) is 0 Å². The van der Waals surface area contributed by atoms with Gasteiger partial charge < -0.3 is 15.5 Å². The van der Waals surface area contributed by atoms with Gasteiger partial charge in [-0.25, -0.2) is 0 Å². The monoisotopic (exact) mass is 319 g/mol. The minimum Gasteiger partial charge on any atom is -0.504 e. The van der Waals surface area contributed by atoms with Gasteiger partial charge in [0.2, 0.25) is 0 Å². The van der Waals surface area contributed by atoms with Crippen LogP contribution < -0.4 is 5.32 Å². The third-order valence-electron chi connectivity index (χ3n) is 5.14. The molecule has 24 heavy (non-hydrogen) atoms. The van der Waals surface area contributed by atoms with E-state index in [4.69, 9.17) is 0 Å². The molecule has 3 N–H and O–H groups in total. The Morgan fingerprint density at radius 1 is 1.00 bits per heavy atom. The van der Waals surface area contributed by atoms with Crippen molar-refractivity contribution in [3.8, 4) is 11.5 Å². The molecule has 0 fully saturated rings. The van der Waals surface area contributed by atoms with E-state index in [0.29, 0.717) is 0 Å². The number of hydrogen-bond donors (Lipinski definition) is 3. The third-order valence-corrected chi connectivity index (χ3v) is 5.14. The Kier molecular flexibility index (Phi) is 3.66. The molecule has 3 aromatic rings. The van der Waals surface area contributed by atoms with Crippen LogP contribution in [0, 0.1) is 0 Å². The number of rotatable bonds is 2. The van der Waals surface area contributed by atoms with E-state index in [-0.39, 0.29) is 23.5 Å². The summed E-state index contributed by atoms with van der Waals surface area (Å²) in [6.45, 7) is 3.09. The summed E-state index contributed by atoms with van der Waals surface area (Å²) in [6.07, 6.45) is 0.863. The lowest BCUT2D eigenvalue weighted by Gasteiger charge is -2.32. The number of fused-ring (bicyclic) bond motifs is 2. The number of phenols is 2. The zero-order valence-corrected chi connectivity index (χ0v) is 13.7. The minimum atomic E-state index is -0.0485. The van der Waals surface area contributed by atoms with E-state index < -0.39 is 0 Å². The van der Waals surface area contributed by atoms with Gasteiger partial charge in [0.15, 0.2) is 11.5 Å². The number of nitrogens with one attached hydrogen (secondary N) is 1. The van der Waals surface area contributed by atoms with Gasteiger partial charge in [0, 0.05) is 12.0 Å². The summed E-state index contributed by atoms with van der Waals surface area (Å²) < 4.78 is 0. The summed E-state index contributed by atoms with van der Waals surface area (Å²) in [4.78, 5) is 0. The summed E-state index contributed by atoms with van der Waals surface area (Å²) in [7, 11) is 0. The van der Waals surface area contributed by atoms with Crippen LogP contribution in [0.4, 0.5) is 0 Å². The van der Waals surface area contributed by atoms with Crippen LogP contribution in [0.2, 0.25) is 0 Å². The van der Waals surface area contributed by atoms with Crippen molar-refractivity contribution < 1.29 is 10.2 Å². The van der Waals surface area contributed by atoms with Crippen LogP contribution in [0.5, 0.6) is 11.5 Å². The van der Waals surface area contributed by atoms with Crippen molar-refractivity contribution in [1.29, 1.82) is 0 Å². The molecule has 0 amide bonds. The van der Waals surface area contributed by atoms with E-state index in [1.165, 1.54) is 16.3 Å². The highest BCUT2D eigenvalue weighted by molar-refractivity contribution is 5.86. The van der Waals surface area contributed by atoms with Gasteiger partial charge in [-0.3, -0.25) is 0 Å². The maximum Gasteiger partial charge on any atom is 0.157 e. The van der Waals surface area contributed by atoms with Crippen LogP contribution in [-0.2, 0) is 6.42 Å². The van der Waals surface area contributed by atoms with Crippen molar-refractivity contribution in [1.82, 2.24) is 5.32 Å². The first-order valence-electron chi connectivity index (χ1n) is 8.41. The standard InChI is InChI=1S/C21H21NO2/c1-13(16-8-4-6-14-5-2-3-7-17(14)16)21-18-12-20(24)19(23)11-15(18)9-10-22-21/h2-8,11-13,21-24H,9-10H2,1H3. The lowest BCUT2D eigenvalue weighted by molar-refractivity contribution is 0.394. The Balaban J connectivity index is 1.81. The van der Waals surface area contributed by atoms with Gasteiger partial charge in [-0.1, -0.05) is 49.4 Å². The molecule has 4 rings (SSSR count). The van der Waals surface area contributed by atoms with Gasteiger partial charge in [-0.15, -0.1) is 0 Å². The molecule has 122 valence electrons. The molecule has 0 saturated heterocycles. The molecule has 3 nitrogen and oxygen atoms in total. The van der Waals surface area contributed by atoms with E-state index in [1.54, 1.807) is 12.1 Å². The van der Waals surface area contributed by atoms with Gasteiger partial charge in [0.1, 0.15) is 0 Å².